The van der Waals surface area contributed by atoms with Crippen molar-refractivity contribution >= 4 is 5.91 Å². The molecule has 19 heavy (non-hydrogen) atoms. The van der Waals surface area contributed by atoms with Crippen LogP contribution in [0.2, 0.25) is 0 Å². The molecule has 6 nitrogen and oxygen atoms in total. The fraction of sp³-hybridized carbons (Fsp3) is 0.917. The highest BCUT2D eigenvalue weighted by atomic mass is 19.1. The van der Waals surface area contributed by atoms with Gasteiger partial charge in [0.1, 0.15) is 6.17 Å². The SMILES string of the molecule is CNCCOCCNCCOCC(F)CNC(C)=O. The Morgan fingerprint density at radius 3 is 2.42 bits per heavy atom. The van der Waals surface area contributed by atoms with E-state index < -0.39 is 6.17 Å². The van der Waals surface area contributed by atoms with Gasteiger partial charge in [0.2, 0.25) is 5.91 Å². The molecule has 0 aliphatic carbocycles. The summed E-state index contributed by atoms with van der Waals surface area (Å²) in [6.45, 7) is 5.39. The number of rotatable bonds is 13. The van der Waals surface area contributed by atoms with Crippen molar-refractivity contribution in [2.45, 2.75) is 13.1 Å². The van der Waals surface area contributed by atoms with Gasteiger partial charge in [-0.2, -0.15) is 0 Å². The third kappa shape index (κ3) is 15.2. The second-order valence-corrected chi connectivity index (χ2v) is 4.08. The molecule has 0 saturated carbocycles. The van der Waals surface area contributed by atoms with Gasteiger partial charge in [0, 0.05) is 26.6 Å². The average Bonchev–Trinajstić information content (AvgIpc) is 2.38. The number of hydrogen-bond donors (Lipinski definition) is 3. The summed E-state index contributed by atoms with van der Waals surface area (Å²) >= 11 is 0. The minimum Gasteiger partial charge on any atom is -0.379 e. The lowest BCUT2D eigenvalue weighted by Gasteiger charge is -2.10. The molecule has 0 aliphatic heterocycles. The van der Waals surface area contributed by atoms with Crippen molar-refractivity contribution in [1.82, 2.24) is 16.0 Å². The predicted molar refractivity (Wildman–Crippen MR) is 72.0 cm³/mol. The molecule has 0 spiro atoms. The Balaban J connectivity index is 3.11. The third-order valence-corrected chi connectivity index (χ3v) is 2.21. The lowest BCUT2D eigenvalue weighted by Crippen LogP contribution is -2.31. The van der Waals surface area contributed by atoms with Crippen LogP contribution in [-0.2, 0) is 14.3 Å². The van der Waals surface area contributed by atoms with E-state index in [0.717, 1.165) is 13.1 Å². The number of carbonyl (C=O) groups is 1. The van der Waals surface area contributed by atoms with Gasteiger partial charge in [-0.15, -0.1) is 0 Å². The predicted octanol–water partition coefficient (Wildman–Crippen LogP) is -0.697. The summed E-state index contributed by atoms with van der Waals surface area (Å²) in [7, 11) is 1.88. The molecule has 0 aromatic heterocycles. The van der Waals surface area contributed by atoms with Crippen molar-refractivity contribution < 1.29 is 18.7 Å². The molecule has 7 heteroatoms. The second kappa shape index (κ2) is 13.7. The zero-order valence-electron chi connectivity index (χ0n) is 11.8. The fourth-order valence-corrected chi connectivity index (χ4v) is 1.21. The molecule has 114 valence electrons. The molecule has 0 heterocycles. The van der Waals surface area contributed by atoms with Crippen LogP contribution in [0.1, 0.15) is 6.92 Å². The molecule has 0 aliphatic rings. The Bertz CT molecular complexity index is 220. The van der Waals surface area contributed by atoms with Gasteiger partial charge in [0.05, 0.1) is 33.0 Å². The van der Waals surface area contributed by atoms with Gasteiger partial charge in [-0.25, -0.2) is 4.39 Å². The lowest BCUT2D eigenvalue weighted by molar-refractivity contribution is -0.119. The molecule has 0 aromatic rings. The van der Waals surface area contributed by atoms with Crippen LogP contribution < -0.4 is 16.0 Å². The zero-order valence-corrected chi connectivity index (χ0v) is 11.8. The Morgan fingerprint density at radius 2 is 1.79 bits per heavy atom. The van der Waals surface area contributed by atoms with Crippen LogP contribution in [0, 0.1) is 0 Å². The highest BCUT2D eigenvalue weighted by Gasteiger charge is 2.06. The van der Waals surface area contributed by atoms with E-state index in [-0.39, 0.29) is 19.1 Å². The summed E-state index contributed by atoms with van der Waals surface area (Å²) < 4.78 is 23.6. The number of likely N-dealkylation sites (N-methyl/N-ethyl adjacent to an activating group) is 1. The fourth-order valence-electron chi connectivity index (χ4n) is 1.21. The summed E-state index contributed by atoms with van der Waals surface area (Å²) in [6, 6.07) is 0. The van der Waals surface area contributed by atoms with Crippen LogP contribution >= 0.6 is 0 Å². The van der Waals surface area contributed by atoms with E-state index in [0.29, 0.717) is 26.4 Å². The molecule has 0 aromatic carbocycles. The molecular weight excluding hydrogens is 253 g/mol. The van der Waals surface area contributed by atoms with Crippen molar-refractivity contribution in [3.63, 3.8) is 0 Å². The van der Waals surface area contributed by atoms with E-state index >= 15 is 0 Å². The van der Waals surface area contributed by atoms with Gasteiger partial charge in [-0.05, 0) is 7.05 Å². The van der Waals surface area contributed by atoms with E-state index in [1.165, 1.54) is 6.92 Å². The van der Waals surface area contributed by atoms with Gasteiger partial charge in [0.15, 0.2) is 0 Å². The largest absolute Gasteiger partial charge is 0.379 e. The number of carbonyl (C=O) groups excluding carboxylic acids is 1. The number of hydrogen-bond acceptors (Lipinski definition) is 5. The molecule has 1 unspecified atom stereocenters. The first kappa shape index (κ1) is 18.2. The lowest BCUT2D eigenvalue weighted by atomic mass is 10.4. The molecule has 3 N–H and O–H groups in total. The summed E-state index contributed by atoms with van der Waals surface area (Å²) in [5.41, 5.74) is 0. The minimum absolute atomic E-state index is 0.000624. The van der Waals surface area contributed by atoms with Crippen LogP contribution in [0.3, 0.4) is 0 Å². The molecule has 0 fully saturated rings. The van der Waals surface area contributed by atoms with Crippen molar-refractivity contribution in [2.75, 3.05) is 59.7 Å². The molecular formula is C12H26FN3O3. The van der Waals surface area contributed by atoms with E-state index in [4.69, 9.17) is 9.47 Å². The number of amides is 1. The van der Waals surface area contributed by atoms with Crippen LogP contribution in [0.25, 0.3) is 0 Å². The van der Waals surface area contributed by atoms with E-state index in [1.807, 2.05) is 7.05 Å². The quantitative estimate of drug-likeness (QED) is 0.389. The van der Waals surface area contributed by atoms with Crippen LogP contribution in [0.5, 0.6) is 0 Å². The molecule has 0 saturated heterocycles. The zero-order chi connectivity index (χ0) is 14.3. The normalized spacial score (nSPS) is 12.4. The molecule has 0 radical (unpaired) electrons. The summed E-state index contributed by atoms with van der Waals surface area (Å²) in [5.74, 6) is -0.234. The number of halogens is 1. The maximum absolute atomic E-state index is 13.1. The maximum Gasteiger partial charge on any atom is 0.216 e. The van der Waals surface area contributed by atoms with Gasteiger partial charge in [-0.3, -0.25) is 4.79 Å². The highest BCUT2D eigenvalue weighted by molar-refractivity contribution is 5.72. The average molecular weight is 279 g/mol. The Kier molecular flexibility index (Phi) is 13.1. The standard InChI is InChI=1S/C12H26FN3O3/c1-11(17)16-9-12(13)10-19-8-5-15-4-7-18-6-3-14-2/h12,14-15H,3-10H2,1-2H3,(H,16,17). The van der Waals surface area contributed by atoms with Gasteiger partial charge in [0.25, 0.3) is 0 Å². The molecule has 1 amide bonds. The summed E-state index contributed by atoms with van der Waals surface area (Å²) in [4.78, 5) is 10.5. The van der Waals surface area contributed by atoms with Crippen LogP contribution in [0.4, 0.5) is 4.39 Å². The smallest absolute Gasteiger partial charge is 0.216 e. The van der Waals surface area contributed by atoms with E-state index in [2.05, 4.69) is 16.0 Å². The van der Waals surface area contributed by atoms with Crippen molar-refractivity contribution in [3.8, 4) is 0 Å². The summed E-state index contributed by atoms with van der Waals surface area (Å²) in [6.07, 6.45) is -1.16. The van der Waals surface area contributed by atoms with Gasteiger partial charge in [-0.1, -0.05) is 0 Å². The van der Waals surface area contributed by atoms with Crippen molar-refractivity contribution in [2.24, 2.45) is 0 Å². The van der Waals surface area contributed by atoms with Gasteiger partial charge >= 0.3 is 0 Å². The van der Waals surface area contributed by atoms with Crippen molar-refractivity contribution in [3.05, 3.63) is 0 Å². The van der Waals surface area contributed by atoms with E-state index in [1.54, 1.807) is 0 Å². The second-order valence-electron chi connectivity index (χ2n) is 4.08. The van der Waals surface area contributed by atoms with Crippen LogP contribution in [-0.4, -0.2) is 71.7 Å². The maximum atomic E-state index is 13.1. The minimum atomic E-state index is -1.16. The number of nitrogens with one attached hydrogen (secondary N) is 3. The molecule has 0 bridgehead atoms. The van der Waals surface area contributed by atoms with Gasteiger partial charge < -0.3 is 25.4 Å². The summed E-state index contributed by atoms with van der Waals surface area (Å²) in [5, 5.41) is 8.51. The van der Waals surface area contributed by atoms with E-state index in [9.17, 15) is 9.18 Å². The number of alkyl halides is 1. The first-order valence-corrected chi connectivity index (χ1v) is 6.56. The Hall–Kier alpha value is -0.760. The monoisotopic (exact) mass is 279 g/mol. The molecule has 0 rings (SSSR count). The first-order valence-electron chi connectivity index (χ1n) is 6.56. The van der Waals surface area contributed by atoms with Crippen molar-refractivity contribution in [1.29, 1.82) is 0 Å². The number of ether oxygens (including phenoxy) is 2. The first-order chi connectivity index (χ1) is 9.16. The Labute approximate surface area is 114 Å². The van der Waals surface area contributed by atoms with Crippen LogP contribution in [0.15, 0.2) is 0 Å². The third-order valence-electron chi connectivity index (χ3n) is 2.21. The molecule has 1 atom stereocenters. The highest BCUT2D eigenvalue weighted by Crippen LogP contribution is 1.90. The topological polar surface area (TPSA) is 71.6 Å². The Morgan fingerprint density at radius 1 is 1.16 bits per heavy atom.